The summed E-state index contributed by atoms with van der Waals surface area (Å²) in [6, 6.07) is 0.464. The lowest BCUT2D eigenvalue weighted by Gasteiger charge is -2.21. The average Bonchev–Trinajstić information content (AvgIpc) is 2.45. The van der Waals surface area contributed by atoms with E-state index in [0.717, 1.165) is 4.77 Å². The molecule has 0 aliphatic heterocycles. The Balaban J connectivity index is 3.17. The molecule has 0 aromatic carbocycles. The van der Waals surface area contributed by atoms with Crippen LogP contribution >= 0.6 is 12.2 Å². The maximum absolute atomic E-state index is 5.30. The molecule has 0 saturated carbocycles. The number of nitrogens with zero attached hydrogens (tertiary/aromatic N) is 1. The number of hydrogen-bond acceptors (Lipinski definition) is 1. The third-order valence-corrected chi connectivity index (χ3v) is 3.12. The van der Waals surface area contributed by atoms with Gasteiger partial charge in [0.2, 0.25) is 0 Å². The largest absolute Gasteiger partial charge is 0.337 e. The third kappa shape index (κ3) is 2.08. The number of hydrogen-bond donors (Lipinski definition) is 1. The Hall–Kier alpha value is -0.570. The first-order chi connectivity index (χ1) is 6.45. The highest BCUT2D eigenvalue weighted by Gasteiger charge is 2.15. The highest BCUT2D eigenvalue weighted by Crippen LogP contribution is 2.24. The first-order valence-corrected chi connectivity index (χ1v) is 5.65. The van der Waals surface area contributed by atoms with Crippen LogP contribution in [0.25, 0.3) is 0 Å². The normalized spacial score (nSPS) is 13.9. The van der Waals surface area contributed by atoms with Gasteiger partial charge >= 0.3 is 0 Å². The van der Waals surface area contributed by atoms with Crippen molar-refractivity contribution >= 4 is 12.2 Å². The van der Waals surface area contributed by atoms with E-state index in [4.69, 9.17) is 12.2 Å². The fraction of sp³-hybridized carbons (Fsp3) is 0.727. The minimum Gasteiger partial charge on any atom is -0.337 e. The van der Waals surface area contributed by atoms with E-state index in [1.54, 1.807) is 0 Å². The molecule has 1 aromatic heterocycles. The molecule has 1 unspecified atom stereocenters. The first-order valence-electron chi connectivity index (χ1n) is 5.25. The summed E-state index contributed by atoms with van der Waals surface area (Å²) in [4.78, 5) is 3.13. The molecule has 0 bridgehead atoms. The lowest BCUT2D eigenvalue weighted by molar-refractivity contribution is 0.391. The molecule has 0 aliphatic rings. The SMILES string of the molecule is CC(C)c1c[nH]c(=S)n1C(C)C(C)C. The Morgan fingerprint density at radius 1 is 1.21 bits per heavy atom. The molecule has 1 N–H and O–H groups in total. The van der Waals surface area contributed by atoms with Gasteiger partial charge in [0.05, 0.1) is 0 Å². The predicted molar refractivity (Wildman–Crippen MR) is 63.3 cm³/mol. The topological polar surface area (TPSA) is 20.7 Å². The van der Waals surface area contributed by atoms with Gasteiger partial charge < -0.3 is 9.55 Å². The van der Waals surface area contributed by atoms with Crippen molar-refractivity contribution in [1.82, 2.24) is 9.55 Å². The highest BCUT2D eigenvalue weighted by atomic mass is 32.1. The van der Waals surface area contributed by atoms with Gasteiger partial charge in [0.1, 0.15) is 0 Å². The standard InChI is InChI=1S/C11H20N2S/c1-7(2)9(5)13-10(8(3)4)6-12-11(13)14/h6-9H,1-5H3,(H,12,14). The third-order valence-electron chi connectivity index (χ3n) is 2.80. The van der Waals surface area contributed by atoms with Gasteiger partial charge in [-0.15, -0.1) is 0 Å². The Labute approximate surface area is 91.3 Å². The second-order valence-electron chi connectivity index (χ2n) is 4.53. The molecule has 14 heavy (non-hydrogen) atoms. The van der Waals surface area contributed by atoms with Crippen LogP contribution < -0.4 is 0 Å². The van der Waals surface area contributed by atoms with Crippen molar-refractivity contribution in [2.45, 2.75) is 46.6 Å². The van der Waals surface area contributed by atoms with Gasteiger partial charge in [-0.05, 0) is 31.0 Å². The molecule has 0 saturated heterocycles. The van der Waals surface area contributed by atoms with Crippen molar-refractivity contribution in [3.05, 3.63) is 16.7 Å². The molecule has 2 nitrogen and oxygen atoms in total. The fourth-order valence-electron chi connectivity index (χ4n) is 1.56. The van der Waals surface area contributed by atoms with Crippen LogP contribution in [0.5, 0.6) is 0 Å². The van der Waals surface area contributed by atoms with E-state index < -0.39 is 0 Å². The van der Waals surface area contributed by atoms with Crippen molar-refractivity contribution in [2.24, 2.45) is 5.92 Å². The van der Waals surface area contributed by atoms with Gasteiger partial charge in [0.25, 0.3) is 0 Å². The van der Waals surface area contributed by atoms with Gasteiger partial charge in [-0.2, -0.15) is 0 Å². The Morgan fingerprint density at radius 2 is 1.79 bits per heavy atom. The minimum absolute atomic E-state index is 0.464. The Bertz CT molecular complexity index is 346. The molecule has 3 heteroatoms. The lowest BCUT2D eigenvalue weighted by atomic mass is 10.0. The maximum Gasteiger partial charge on any atom is 0.177 e. The zero-order chi connectivity index (χ0) is 10.9. The van der Waals surface area contributed by atoms with E-state index >= 15 is 0 Å². The van der Waals surface area contributed by atoms with E-state index in [1.165, 1.54) is 5.69 Å². The van der Waals surface area contributed by atoms with E-state index in [9.17, 15) is 0 Å². The molecule has 0 spiro atoms. The minimum atomic E-state index is 0.464. The van der Waals surface area contributed by atoms with Gasteiger partial charge in [-0.25, -0.2) is 0 Å². The average molecular weight is 212 g/mol. The summed E-state index contributed by atoms with van der Waals surface area (Å²) in [5, 5.41) is 0. The molecule has 1 rings (SSSR count). The maximum atomic E-state index is 5.30. The zero-order valence-electron chi connectivity index (χ0n) is 9.66. The van der Waals surface area contributed by atoms with Crippen LogP contribution in [0.2, 0.25) is 0 Å². The molecule has 0 amide bonds. The Morgan fingerprint density at radius 3 is 2.21 bits per heavy atom. The number of aromatic nitrogens is 2. The molecular formula is C11H20N2S. The summed E-state index contributed by atoms with van der Waals surface area (Å²) < 4.78 is 3.08. The monoisotopic (exact) mass is 212 g/mol. The van der Waals surface area contributed by atoms with Gasteiger partial charge in [0.15, 0.2) is 4.77 Å². The number of nitrogens with one attached hydrogen (secondary N) is 1. The van der Waals surface area contributed by atoms with Crippen LogP contribution in [0.1, 0.15) is 52.3 Å². The van der Waals surface area contributed by atoms with E-state index in [1.807, 2.05) is 6.20 Å². The fourth-order valence-corrected chi connectivity index (χ4v) is 1.89. The predicted octanol–water partition coefficient (Wildman–Crippen LogP) is 3.89. The number of rotatable bonds is 3. The highest BCUT2D eigenvalue weighted by molar-refractivity contribution is 7.71. The van der Waals surface area contributed by atoms with Crippen molar-refractivity contribution in [3.63, 3.8) is 0 Å². The molecule has 1 atom stereocenters. The molecule has 1 aromatic rings. The number of H-pyrrole nitrogens is 1. The Kier molecular flexibility index (Phi) is 3.53. The number of imidazole rings is 1. The van der Waals surface area contributed by atoms with Crippen LogP contribution in [0.4, 0.5) is 0 Å². The van der Waals surface area contributed by atoms with Crippen molar-refractivity contribution in [1.29, 1.82) is 0 Å². The zero-order valence-corrected chi connectivity index (χ0v) is 10.5. The van der Waals surface area contributed by atoms with Crippen molar-refractivity contribution in [2.75, 3.05) is 0 Å². The van der Waals surface area contributed by atoms with Crippen molar-refractivity contribution in [3.8, 4) is 0 Å². The van der Waals surface area contributed by atoms with Crippen LogP contribution in [0.3, 0.4) is 0 Å². The molecule has 0 fully saturated rings. The summed E-state index contributed by atoms with van der Waals surface area (Å²) in [6.45, 7) is 11.1. The van der Waals surface area contributed by atoms with Crippen LogP contribution in [-0.2, 0) is 0 Å². The molecule has 0 aliphatic carbocycles. The van der Waals surface area contributed by atoms with Gasteiger partial charge in [-0.3, -0.25) is 0 Å². The molecule has 0 radical (unpaired) electrons. The smallest absolute Gasteiger partial charge is 0.177 e. The lowest BCUT2D eigenvalue weighted by Crippen LogP contribution is -2.15. The molecule has 80 valence electrons. The second-order valence-corrected chi connectivity index (χ2v) is 4.91. The summed E-state index contributed by atoms with van der Waals surface area (Å²) in [7, 11) is 0. The quantitative estimate of drug-likeness (QED) is 0.754. The van der Waals surface area contributed by atoms with Crippen molar-refractivity contribution < 1.29 is 0 Å². The summed E-state index contributed by atoms with van der Waals surface area (Å²) in [5.41, 5.74) is 1.30. The summed E-state index contributed by atoms with van der Waals surface area (Å²) in [5.74, 6) is 1.12. The summed E-state index contributed by atoms with van der Waals surface area (Å²) in [6.07, 6.45) is 2.03. The van der Waals surface area contributed by atoms with Crippen LogP contribution in [0.15, 0.2) is 6.20 Å². The van der Waals surface area contributed by atoms with Crippen LogP contribution in [-0.4, -0.2) is 9.55 Å². The van der Waals surface area contributed by atoms with Crippen LogP contribution in [0, 0.1) is 10.7 Å². The number of aromatic amines is 1. The first kappa shape index (κ1) is 11.5. The van der Waals surface area contributed by atoms with E-state index in [2.05, 4.69) is 44.2 Å². The second kappa shape index (κ2) is 4.30. The van der Waals surface area contributed by atoms with Gasteiger partial charge in [0, 0.05) is 17.9 Å². The molecule has 1 heterocycles. The van der Waals surface area contributed by atoms with Gasteiger partial charge in [-0.1, -0.05) is 27.7 Å². The summed E-state index contributed by atoms with van der Waals surface area (Å²) >= 11 is 5.30. The molecular weight excluding hydrogens is 192 g/mol. The van der Waals surface area contributed by atoms with E-state index in [0.29, 0.717) is 17.9 Å². The van der Waals surface area contributed by atoms with E-state index in [-0.39, 0.29) is 0 Å².